The second-order valence-corrected chi connectivity index (χ2v) is 9.95. The molecular formula is C28H23BrFNO5. The van der Waals surface area contributed by atoms with Gasteiger partial charge in [-0.25, -0.2) is 4.39 Å². The van der Waals surface area contributed by atoms with E-state index in [2.05, 4.69) is 20.9 Å². The van der Waals surface area contributed by atoms with E-state index in [1.807, 2.05) is 42.6 Å². The standard InChI is InChI=1S/C28H23BrFNO5/c1-28(2)35-26(32)25(27(33)36-28)24(20-14-31-22-6-4-3-5-19(20)22)17-9-12-23(21(29)13-17)34-15-16-7-10-18(30)11-8-16/h3-14,24-25,31H,15H2,1-2H3/t24-/m0/s1. The molecule has 0 saturated carbocycles. The minimum atomic E-state index is -1.33. The molecule has 184 valence electrons. The Balaban J connectivity index is 1.52. The van der Waals surface area contributed by atoms with Gasteiger partial charge in [-0.05, 0) is 63.0 Å². The van der Waals surface area contributed by atoms with E-state index in [9.17, 15) is 14.0 Å². The van der Waals surface area contributed by atoms with Gasteiger partial charge in [-0.15, -0.1) is 0 Å². The molecule has 1 aliphatic rings. The number of benzene rings is 3. The fourth-order valence-electron chi connectivity index (χ4n) is 4.47. The fraction of sp³-hybridized carbons (Fsp3) is 0.214. The molecule has 5 rings (SSSR count). The van der Waals surface area contributed by atoms with Crippen LogP contribution in [0.15, 0.2) is 77.4 Å². The van der Waals surface area contributed by atoms with Gasteiger partial charge in [-0.1, -0.05) is 36.4 Å². The average molecular weight is 552 g/mol. The fourth-order valence-corrected chi connectivity index (χ4v) is 4.98. The van der Waals surface area contributed by atoms with Crippen molar-refractivity contribution in [2.75, 3.05) is 0 Å². The third kappa shape index (κ3) is 4.73. The van der Waals surface area contributed by atoms with Gasteiger partial charge < -0.3 is 19.2 Å². The number of carbonyl (C=O) groups is 2. The Morgan fingerprint density at radius 1 is 1.03 bits per heavy atom. The summed E-state index contributed by atoms with van der Waals surface area (Å²) in [7, 11) is 0. The van der Waals surface area contributed by atoms with E-state index in [1.165, 1.54) is 26.0 Å². The summed E-state index contributed by atoms with van der Waals surface area (Å²) >= 11 is 3.56. The highest BCUT2D eigenvalue weighted by atomic mass is 79.9. The van der Waals surface area contributed by atoms with Gasteiger partial charge in [-0.3, -0.25) is 9.59 Å². The van der Waals surface area contributed by atoms with Gasteiger partial charge in [0.05, 0.1) is 4.47 Å². The number of esters is 2. The molecule has 4 aromatic rings. The first kappa shape index (κ1) is 24.1. The third-order valence-electron chi connectivity index (χ3n) is 6.11. The van der Waals surface area contributed by atoms with E-state index in [0.29, 0.717) is 15.8 Å². The monoisotopic (exact) mass is 551 g/mol. The molecule has 0 radical (unpaired) electrons. The molecule has 1 aromatic heterocycles. The normalized spacial score (nSPS) is 16.4. The first-order chi connectivity index (χ1) is 17.2. The SMILES string of the molecule is CC1(C)OC(=O)C([C@@H](c2ccc(OCc3ccc(F)cc3)c(Br)c2)c2c[nH]c3ccccc23)C(=O)O1. The van der Waals surface area contributed by atoms with E-state index in [-0.39, 0.29) is 12.4 Å². The number of aromatic nitrogens is 1. The number of hydrogen-bond donors (Lipinski definition) is 1. The van der Waals surface area contributed by atoms with Crippen molar-refractivity contribution in [2.24, 2.45) is 5.92 Å². The van der Waals surface area contributed by atoms with Gasteiger partial charge >= 0.3 is 11.9 Å². The van der Waals surface area contributed by atoms with E-state index in [1.54, 1.807) is 18.2 Å². The van der Waals surface area contributed by atoms with Gasteiger partial charge in [0, 0.05) is 36.9 Å². The second kappa shape index (κ2) is 9.43. The Bertz CT molecular complexity index is 1430. The van der Waals surface area contributed by atoms with Gasteiger partial charge in [0.1, 0.15) is 18.2 Å². The lowest BCUT2D eigenvalue weighted by atomic mass is 9.80. The number of aromatic amines is 1. The molecule has 1 N–H and O–H groups in total. The lowest BCUT2D eigenvalue weighted by Gasteiger charge is -2.36. The molecule has 1 fully saturated rings. The highest BCUT2D eigenvalue weighted by Crippen LogP contribution is 2.42. The summed E-state index contributed by atoms with van der Waals surface area (Å²) in [5, 5.41) is 0.890. The zero-order valence-corrected chi connectivity index (χ0v) is 21.2. The van der Waals surface area contributed by atoms with Crippen LogP contribution in [0.4, 0.5) is 4.39 Å². The van der Waals surface area contributed by atoms with Crippen molar-refractivity contribution in [3.05, 3.63) is 99.9 Å². The number of carbonyl (C=O) groups excluding carboxylic acids is 2. The Kier molecular flexibility index (Phi) is 6.30. The Labute approximate surface area is 215 Å². The summed E-state index contributed by atoms with van der Waals surface area (Å²) in [6, 6.07) is 19.2. The number of fused-ring (bicyclic) bond motifs is 1. The van der Waals surface area contributed by atoms with Crippen LogP contribution in [0.25, 0.3) is 10.9 Å². The number of halogens is 2. The molecule has 1 atom stereocenters. The Hall–Kier alpha value is -3.65. The first-order valence-electron chi connectivity index (χ1n) is 11.4. The maximum atomic E-state index is 13.2. The quantitative estimate of drug-likeness (QED) is 0.227. The van der Waals surface area contributed by atoms with Crippen molar-refractivity contribution in [1.29, 1.82) is 0 Å². The van der Waals surface area contributed by atoms with Crippen LogP contribution in [0, 0.1) is 11.7 Å². The van der Waals surface area contributed by atoms with Crippen LogP contribution >= 0.6 is 15.9 Å². The minimum Gasteiger partial charge on any atom is -0.488 e. The van der Waals surface area contributed by atoms with E-state index >= 15 is 0 Å². The molecule has 6 nitrogen and oxygen atoms in total. The number of H-pyrrole nitrogens is 1. The molecule has 3 aromatic carbocycles. The van der Waals surface area contributed by atoms with Crippen molar-refractivity contribution in [3.8, 4) is 5.75 Å². The molecule has 36 heavy (non-hydrogen) atoms. The molecule has 0 aliphatic carbocycles. The maximum Gasteiger partial charge on any atom is 0.324 e. The molecule has 0 bridgehead atoms. The number of cyclic esters (lactones) is 2. The molecule has 0 unspecified atom stereocenters. The molecule has 8 heteroatoms. The van der Waals surface area contributed by atoms with E-state index < -0.39 is 29.6 Å². The predicted octanol–water partition coefficient (Wildman–Crippen LogP) is 6.23. The summed E-state index contributed by atoms with van der Waals surface area (Å²) in [4.78, 5) is 29.4. The van der Waals surface area contributed by atoms with Crippen LogP contribution < -0.4 is 4.74 Å². The second-order valence-electron chi connectivity index (χ2n) is 9.09. The summed E-state index contributed by atoms with van der Waals surface area (Å²) in [5.41, 5.74) is 3.18. The lowest BCUT2D eigenvalue weighted by molar-refractivity contribution is -0.240. The number of rotatable bonds is 6. The van der Waals surface area contributed by atoms with Crippen molar-refractivity contribution in [1.82, 2.24) is 4.98 Å². The van der Waals surface area contributed by atoms with Crippen LogP contribution in [0.1, 0.15) is 36.5 Å². The van der Waals surface area contributed by atoms with E-state index in [4.69, 9.17) is 14.2 Å². The highest BCUT2D eigenvalue weighted by molar-refractivity contribution is 9.10. The van der Waals surface area contributed by atoms with Crippen LogP contribution in [0.2, 0.25) is 0 Å². The third-order valence-corrected chi connectivity index (χ3v) is 6.73. The van der Waals surface area contributed by atoms with Gasteiger partial charge in [0.2, 0.25) is 0 Å². The summed E-state index contributed by atoms with van der Waals surface area (Å²) in [6.45, 7) is 3.31. The molecule has 0 spiro atoms. The lowest BCUT2D eigenvalue weighted by Crippen LogP contribution is -2.48. The topological polar surface area (TPSA) is 77.6 Å². The number of hydrogen-bond acceptors (Lipinski definition) is 5. The zero-order valence-electron chi connectivity index (χ0n) is 19.6. The van der Waals surface area contributed by atoms with Crippen LogP contribution in [0.5, 0.6) is 5.75 Å². The number of ether oxygens (including phenoxy) is 3. The molecular weight excluding hydrogens is 529 g/mol. The van der Waals surface area contributed by atoms with E-state index in [0.717, 1.165) is 22.0 Å². The van der Waals surface area contributed by atoms with Crippen molar-refractivity contribution in [3.63, 3.8) is 0 Å². The van der Waals surface area contributed by atoms with Gasteiger partial charge in [0.15, 0.2) is 5.92 Å². The predicted molar refractivity (Wildman–Crippen MR) is 135 cm³/mol. The maximum absolute atomic E-state index is 13.2. The largest absolute Gasteiger partial charge is 0.488 e. The Morgan fingerprint density at radius 2 is 1.72 bits per heavy atom. The highest BCUT2D eigenvalue weighted by Gasteiger charge is 2.48. The number of para-hydroxylation sites is 1. The summed E-state index contributed by atoms with van der Waals surface area (Å²) < 4.78 is 30.7. The van der Waals surface area contributed by atoms with Crippen LogP contribution in [0.3, 0.4) is 0 Å². The minimum absolute atomic E-state index is 0.250. The van der Waals surface area contributed by atoms with Crippen molar-refractivity contribution < 1.29 is 28.2 Å². The number of nitrogens with one attached hydrogen (secondary N) is 1. The molecule has 2 heterocycles. The first-order valence-corrected chi connectivity index (χ1v) is 12.2. The molecule has 0 amide bonds. The zero-order chi connectivity index (χ0) is 25.4. The van der Waals surface area contributed by atoms with Crippen molar-refractivity contribution in [2.45, 2.75) is 32.2 Å². The van der Waals surface area contributed by atoms with Crippen LogP contribution in [-0.4, -0.2) is 22.7 Å². The van der Waals surface area contributed by atoms with Gasteiger partial charge in [-0.2, -0.15) is 0 Å². The van der Waals surface area contributed by atoms with Gasteiger partial charge in [0.25, 0.3) is 5.79 Å². The molecule has 1 saturated heterocycles. The molecule has 1 aliphatic heterocycles. The summed E-state index contributed by atoms with van der Waals surface area (Å²) in [6.07, 6.45) is 1.81. The Morgan fingerprint density at radius 3 is 2.42 bits per heavy atom. The average Bonchev–Trinajstić information content (AvgIpc) is 3.25. The van der Waals surface area contributed by atoms with Crippen molar-refractivity contribution >= 4 is 38.8 Å². The van der Waals surface area contributed by atoms with Crippen LogP contribution in [-0.2, 0) is 25.7 Å². The summed E-state index contributed by atoms with van der Waals surface area (Å²) in [5.74, 6) is -4.20. The smallest absolute Gasteiger partial charge is 0.324 e.